The van der Waals surface area contributed by atoms with Crippen molar-refractivity contribution in [1.82, 2.24) is 4.90 Å². The maximum absolute atomic E-state index is 11.8. The number of hydrogen-bond acceptors (Lipinski definition) is 5. The molecule has 0 amide bonds. The van der Waals surface area contributed by atoms with E-state index >= 15 is 0 Å². The molecule has 1 aromatic heterocycles. The molecule has 3 rings (SSSR count). The first kappa shape index (κ1) is 9.72. The first-order valence-corrected chi connectivity index (χ1v) is 5.97. The number of carbonyl (C=O) groups is 1. The van der Waals surface area contributed by atoms with E-state index in [0.29, 0.717) is 12.2 Å². The van der Waals surface area contributed by atoms with Crippen LogP contribution in [0.2, 0.25) is 0 Å². The van der Waals surface area contributed by atoms with Crippen LogP contribution < -0.4 is 0 Å². The molecule has 0 saturated carbocycles. The molecule has 2 aliphatic rings. The molecule has 0 aromatic carbocycles. The van der Waals surface area contributed by atoms with E-state index in [-0.39, 0.29) is 5.78 Å². The predicted molar refractivity (Wildman–Crippen MR) is 62.3 cm³/mol. The molecule has 16 heavy (non-hydrogen) atoms. The summed E-state index contributed by atoms with van der Waals surface area (Å²) in [6, 6.07) is 3.43. The lowest BCUT2D eigenvalue weighted by molar-refractivity contribution is 0.0961. The molecule has 1 aromatic rings. The van der Waals surface area contributed by atoms with Gasteiger partial charge in [-0.3, -0.25) is 9.79 Å². The van der Waals surface area contributed by atoms with E-state index < -0.39 is 0 Å². The predicted octanol–water partition coefficient (Wildman–Crippen LogP) is 2.11. The molecule has 5 heteroatoms. The molecule has 0 bridgehead atoms. The van der Waals surface area contributed by atoms with Gasteiger partial charge in [-0.2, -0.15) is 0 Å². The Morgan fingerprint density at radius 3 is 3.38 bits per heavy atom. The molecule has 0 saturated heterocycles. The number of aliphatic imine (C=N–C) groups is 1. The second-order valence-corrected chi connectivity index (χ2v) is 4.46. The molecular weight excluding hydrogens is 224 g/mol. The van der Waals surface area contributed by atoms with Gasteiger partial charge in [-0.1, -0.05) is 11.8 Å². The number of ketones is 1. The average molecular weight is 234 g/mol. The fourth-order valence-electron chi connectivity index (χ4n) is 1.80. The van der Waals surface area contributed by atoms with Gasteiger partial charge in [-0.25, -0.2) is 0 Å². The van der Waals surface area contributed by atoms with Gasteiger partial charge in [0.15, 0.2) is 10.9 Å². The van der Waals surface area contributed by atoms with Crippen LogP contribution in [-0.4, -0.2) is 28.9 Å². The van der Waals surface area contributed by atoms with Crippen LogP contribution >= 0.6 is 11.8 Å². The normalized spacial score (nSPS) is 18.4. The third-order valence-corrected chi connectivity index (χ3v) is 3.54. The standard InChI is InChI=1S/C11H10N2O2S/c14-9(10-2-1-5-15-10)6-8-7-16-11-12-3-4-13(8)11/h1-2,5,7H,3-4,6H2. The SMILES string of the molecule is O=C(CC1=CSC2=NCCN12)c1ccco1. The van der Waals surface area contributed by atoms with E-state index in [0.717, 1.165) is 24.0 Å². The number of nitrogens with zero attached hydrogens (tertiary/aromatic N) is 2. The summed E-state index contributed by atoms with van der Waals surface area (Å²) in [7, 11) is 0. The summed E-state index contributed by atoms with van der Waals surface area (Å²) < 4.78 is 5.08. The Labute approximate surface area is 97.0 Å². The third kappa shape index (κ3) is 1.57. The van der Waals surface area contributed by atoms with Crippen LogP contribution in [0.1, 0.15) is 17.0 Å². The van der Waals surface area contributed by atoms with Crippen LogP contribution in [0.5, 0.6) is 0 Å². The molecule has 82 valence electrons. The van der Waals surface area contributed by atoms with E-state index in [4.69, 9.17) is 4.42 Å². The van der Waals surface area contributed by atoms with E-state index in [2.05, 4.69) is 9.89 Å². The highest BCUT2D eigenvalue weighted by Crippen LogP contribution is 2.31. The Kier molecular flexibility index (Phi) is 2.32. The van der Waals surface area contributed by atoms with E-state index in [9.17, 15) is 4.79 Å². The average Bonchev–Trinajstić information content (AvgIpc) is 2.94. The molecule has 0 N–H and O–H groups in total. The van der Waals surface area contributed by atoms with Gasteiger partial charge in [0.1, 0.15) is 0 Å². The summed E-state index contributed by atoms with van der Waals surface area (Å²) in [4.78, 5) is 18.3. The van der Waals surface area contributed by atoms with Gasteiger partial charge >= 0.3 is 0 Å². The van der Waals surface area contributed by atoms with Gasteiger partial charge < -0.3 is 9.32 Å². The maximum atomic E-state index is 11.8. The molecule has 0 fully saturated rings. The number of carbonyl (C=O) groups excluding carboxylic acids is 1. The van der Waals surface area contributed by atoms with Crippen molar-refractivity contribution in [2.45, 2.75) is 6.42 Å². The number of Topliss-reactive ketones (excluding diaryl/α,β-unsaturated/α-hetero) is 1. The van der Waals surface area contributed by atoms with Gasteiger partial charge in [0.05, 0.1) is 19.2 Å². The van der Waals surface area contributed by atoms with Crippen molar-refractivity contribution in [2.75, 3.05) is 13.1 Å². The Bertz CT molecular complexity index is 476. The van der Waals surface area contributed by atoms with Crippen LogP contribution in [0.3, 0.4) is 0 Å². The Balaban J connectivity index is 1.72. The lowest BCUT2D eigenvalue weighted by Gasteiger charge is -2.15. The fraction of sp³-hybridized carbons (Fsp3) is 0.273. The van der Waals surface area contributed by atoms with Crippen LogP contribution in [0, 0.1) is 0 Å². The third-order valence-electron chi connectivity index (χ3n) is 2.59. The van der Waals surface area contributed by atoms with Gasteiger partial charge in [-0.05, 0) is 17.5 Å². The van der Waals surface area contributed by atoms with Crippen molar-refractivity contribution < 1.29 is 9.21 Å². The van der Waals surface area contributed by atoms with Crippen molar-refractivity contribution >= 4 is 22.7 Å². The highest BCUT2D eigenvalue weighted by molar-refractivity contribution is 8.16. The number of rotatable bonds is 3. The number of hydrogen-bond donors (Lipinski definition) is 0. The summed E-state index contributed by atoms with van der Waals surface area (Å²) in [6.07, 6.45) is 1.91. The number of amidine groups is 1. The van der Waals surface area contributed by atoms with Crippen LogP contribution in [-0.2, 0) is 0 Å². The molecule has 3 heterocycles. The van der Waals surface area contributed by atoms with E-state index in [1.807, 2.05) is 5.41 Å². The maximum Gasteiger partial charge on any atom is 0.203 e. The minimum Gasteiger partial charge on any atom is -0.461 e. The molecule has 0 spiro atoms. The number of thioether (sulfide) groups is 1. The Morgan fingerprint density at radius 1 is 1.62 bits per heavy atom. The van der Waals surface area contributed by atoms with Crippen molar-refractivity contribution in [3.05, 3.63) is 35.3 Å². The molecule has 2 aliphatic heterocycles. The minimum absolute atomic E-state index is 0.0185. The van der Waals surface area contributed by atoms with E-state index in [1.165, 1.54) is 6.26 Å². The Hall–Kier alpha value is -1.49. The van der Waals surface area contributed by atoms with Crippen molar-refractivity contribution in [3.8, 4) is 0 Å². The lowest BCUT2D eigenvalue weighted by atomic mass is 10.2. The van der Waals surface area contributed by atoms with Crippen LogP contribution in [0.15, 0.2) is 38.9 Å². The fourth-order valence-corrected chi connectivity index (χ4v) is 2.76. The van der Waals surface area contributed by atoms with E-state index in [1.54, 1.807) is 23.9 Å². The molecule has 0 radical (unpaired) electrons. The zero-order valence-corrected chi connectivity index (χ0v) is 9.37. The second kappa shape index (κ2) is 3.83. The highest BCUT2D eigenvalue weighted by Gasteiger charge is 2.27. The molecule has 0 atom stereocenters. The molecular formula is C11H10N2O2S. The van der Waals surface area contributed by atoms with Gasteiger partial charge in [0.25, 0.3) is 0 Å². The first-order chi connectivity index (χ1) is 7.84. The number of allylic oxidation sites excluding steroid dienone is 1. The zero-order valence-electron chi connectivity index (χ0n) is 8.55. The number of furan rings is 1. The second-order valence-electron chi connectivity index (χ2n) is 3.62. The largest absolute Gasteiger partial charge is 0.461 e. The quantitative estimate of drug-likeness (QED) is 0.751. The molecule has 0 aliphatic carbocycles. The summed E-state index contributed by atoms with van der Waals surface area (Å²) in [5, 5.41) is 3.01. The zero-order chi connectivity index (χ0) is 11.0. The van der Waals surface area contributed by atoms with Crippen molar-refractivity contribution in [2.24, 2.45) is 4.99 Å². The lowest BCUT2D eigenvalue weighted by Crippen LogP contribution is -2.22. The van der Waals surface area contributed by atoms with Crippen molar-refractivity contribution in [3.63, 3.8) is 0 Å². The summed E-state index contributed by atoms with van der Waals surface area (Å²) >= 11 is 1.59. The smallest absolute Gasteiger partial charge is 0.203 e. The van der Waals surface area contributed by atoms with Gasteiger partial charge in [0.2, 0.25) is 5.78 Å². The van der Waals surface area contributed by atoms with Crippen LogP contribution in [0.4, 0.5) is 0 Å². The van der Waals surface area contributed by atoms with Gasteiger partial charge in [-0.15, -0.1) is 0 Å². The number of fused-ring (bicyclic) bond motifs is 1. The molecule has 0 unspecified atom stereocenters. The highest BCUT2D eigenvalue weighted by atomic mass is 32.2. The summed E-state index contributed by atoms with van der Waals surface area (Å²) in [6.45, 7) is 1.72. The van der Waals surface area contributed by atoms with Crippen molar-refractivity contribution in [1.29, 1.82) is 0 Å². The summed E-state index contributed by atoms with van der Waals surface area (Å²) in [5.41, 5.74) is 1.03. The topological polar surface area (TPSA) is 45.8 Å². The van der Waals surface area contributed by atoms with Gasteiger partial charge in [0, 0.05) is 12.2 Å². The molecule has 4 nitrogen and oxygen atoms in total. The van der Waals surface area contributed by atoms with Crippen LogP contribution in [0.25, 0.3) is 0 Å². The summed E-state index contributed by atoms with van der Waals surface area (Å²) in [5.74, 6) is 0.445. The minimum atomic E-state index is 0.0185. The Morgan fingerprint density at radius 2 is 2.56 bits per heavy atom. The first-order valence-electron chi connectivity index (χ1n) is 5.09. The monoisotopic (exact) mass is 234 g/mol.